The molecule has 2 aliphatic heterocycles. The topological polar surface area (TPSA) is 69.1 Å². The largest absolute Gasteiger partial charge is 0.417 e. The summed E-state index contributed by atoms with van der Waals surface area (Å²) in [4.78, 5) is 32.4. The molecule has 1 saturated heterocycles. The monoisotopic (exact) mass is 493 g/mol. The Balaban J connectivity index is 1.26. The Morgan fingerprint density at radius 1 is 0.971 bits per heavy atom. The number of amides is 2. The van der Waals surface area contributed by atoms with Crippen molar-refractivity contribution in [3.63, 3.8) is 0 Å². The molecule has 1 fully saturated rings. The van der Waals surface area contributed by atoms with Crippen molar-refractivity contribution in [2.45, 2.75) is 25.4 Å². The van der Waals surface area contributed by atoms with Crippen molar-refractivity contribution >= 4 is 34.9 Å². The second kappa shape index (κ2) is 10.0. The Morgan fingerprint density at radius 2 is 1.65 bits per heavy atom. The van der Waals surface area contributed by atoms with Gasteiger partial charge in [0.1, 0.15) is 5.82 Å². The lowest BCUT2D eigenvalue weighted by Gasteiger charge is -2.36. The number of aromatic nitrogens is 1. The Labute approximate surface area is 199 Å². The van der Waals surface area contributed by atoms with Gasteiger partial charge >= 0.3 is 6.18 Å². The molecule has 0 spiro atoms. The van der Waals surface area contributed by atoms with Crippen molar-refractivity contribution in [1.82, 2.24) is 14.9 Å². The zero-order valence-corrected chi connectivity index (χ0v) is 19.0. The predicted molar refractivity (Wildman–Crippen MR) is 122 cm³/mol. The fourth-order valence-electron chi connectivity index (χ4n) is 3.96. The van der Waals surface area contributed by atoms with Gasteiger partial charge in [0.2, 0.25) is 11.8 Å². The van der Waals surface area contributed by atoms with Crippen LogP contribution in [-0.4, -0.2) is 65.1 Å². The molecule has 1 aromatic heterocycles. The van der Waals surface area contributed by atoms with E-state index in [2.05, 4.69) is 10.1 Å². The van der Waals surface area contributed by atoms with Crippen LogP contribution in [0.4, 0.5) is 19.0 Å². The number of hydrazone groups is 1. The predicted octanol–water partition coefficient (Wildman–Crippen LogP) is 3.82. The fraction of sp³-hybridized carbons (Fsp3) is 0.391. The summed E-state index contributed by atoms with van der Waals surface area (Å²) in [6.07, 6.45) is -2.94. The maximum Gasteiger partial charge on any atom is 0.417 e. The molecule has 0 bridgehead atoms. The van der Waals surface area contributed by atoms with Gasteiger partial charge in [-0.1, -0.05) is 41.9 Å². The van der Waals surface area contributed by atoms with Crippen molar-refractivity contribution in [1.29, 1.82) is 0 Å². The van der Waals surface area contributed by atoms with Crippen LogP contribution in [0.1, 0.15) is 30.4 Å². The summed E-state index contributed by atoms with van der Waals surface area (Å²) >= 11 is 6.03. The summed E-state index contributed by atoms with van der Waals surface area (Å²) in [7, 11) is 0. The minimum atomic E-state index is -4.51. The first kappa shape index (κ1) is 24.0. The molecule has 34 heavy (non-hydrogen) atoms. The number of piperazine rings is 1. The third kappa shape index (κ3) is 5.49. The van der Waals surface area contributed by atoms with E-state index in [1.165, 1.54) is 5.01 Å². The van der Waals surface area contributed by atoms with E-state index in [4.69, 9.17) is 11.6 Å². The number of halogens is 4. The highest BCUT2D eigenvalue weighted by atomic mass is 35.5. The molecule has 3 heterocycles. The van der Waals surface area contributed by atoms with E-state index in [0.29, 0.717) is 39.1 Å². The van der Waals surface area contributed by atoms with Crippen LogP contribution in [0.25, 0.3) is 0 Å². The van der Waals surface area contributed by atoms with Crippen molar-refractivity contribution in [2.75, 3.05) is 37.6 Å². The van der Waals surface area contributed by atoms with E-state index in [1.807, 2.05) is 30.3 Å². The Bertz CT molecular complexity index is 1090. The number of carbonyl (C=O) groups is 2. The molecule has 11 heteroatoms. The third-order valence-corrected chi connectivity index (χ3v) is 6.11. The van der Waals surface area contributed by atoms with Crippen molar-refractivity contribution in [3.05, 3.63) is 58.7 Å². The summed E-state index contributed by atoms with van der Waals surface area (Å²) in [6, 6.07) is 10.5. The first-order valence-corrected chi connectivity index (χ1v) is 11.3. The Kier molecular flexibility index (Phi) is 7.06. The summed E-state index contributed by atoms with van der Waals surface area (Å²) in [5.74, 6) is -0.0809. The summed E-state index contributed by atoms with van der Waals surface area (Å²) in [6.45, 7) is 2.00. The number of hydrogen-bond acceptors (Lipinski definition) is 5. The fourth-order valence-corrected chi connectivity index (χ4v) is 4.24. The molecule has 4 rings (SSSR count). The minimum absolute atomic E-state index is 0.0664. The molecule has 0 atom stereocenters. The van der Waals surface area contributed by atoms with Crippen LogP contribution in [0.5, 0.6) is 0 Å². The minimum Gasteiger partial charge on any atom is -0.352 e. The van der Waals surface area contributed by atoms with E-state index in [0.717, 1.165) is 23.5 Å². The van der Waals surface area contributed by atoms with Gasteiger partial charge in [-0.05, 0) is 11.6 Å². The quantitative estimate of drug-likeness (QED) is 0.635. The first-order chi connectivity index (χ1) is 16.2. The molecule has 0 N–H and O–H groups in total. The van der Waals surface area contributed by atoms with Crippen LogP contribution in [0.2, 0.25) is 5.02 Å². The maximum absolute atomic E-state index is 12.8. The second-order valence-corrected chi connectivity index (χ2v) is 8.48. The first-order valence-electron chi connectivity index (χ1n) is 10.9. The number of anilines is 1. The van der Waals surface area contributed by atoms with Gasteiger partial charge in [0, 0.05) is 51.6 Å². The van der Waals surface area contributed by atoms with E-state index < -0.39 is 11.7 Å². The van der Waals surface area contributed by atoms with Crippen LogP contribution >= 0.6 is 11.6 Å². The molecule has 2 aromatic rings. The van der Waals surface area contributed by atoms with E-state index in [1.54, 1.807) is 9.80 Å². The van der Waals surface area contributed by atoms with Gasteiger partial charge in [-0.15, -0.1) is 0 Å². The number of benzene rings is 1. The number of pyridine rings is 1. The number of alkyl halides is 3. The molecule has 2 amide bonds. The van der Waals surface area contributed by atoms with Gasteiger partial charge < -0.3 is 9.80 Å². The molecule has 2 aliphatic rings. The lowest BCUT2D eigenvalue weighted by atomic mass is 10.1. The third-order valence-electron chi connectivity index (χ3n) is 5.83. The zero-order valence-electron chi connectivity index (χ0n) is 18.3. The summed E-state index contributed by atoms with van der Waals surface area (Å²) in [5, 5.41) is 5.74. The molecule has 0 aliphatic carbocycles. The van der Waals surface area contributed by atoms with Gasteiger partial charge in [-0.3, -0.25) is 9.59 Å². The van der Waals surface area contributed by atoms with Gasteiger partial charge in [0.15, 0.2) is 0 Å². The van der Waals surface area contributed by atoms with Crippen LogP contribution < -0.4 is 4.90 Å². The van der Waals surface area contributed by atoms with Crippen LogP contribution in [0.3, 0.4) is 0 Å². The number of rotatable bonds is 5. The van der Waals surface area contributed by atoms with Gasteiger partial charge in [-0.25, -0.2) is 9.99 Å². The lowest BCUT2D eigenvalue weighted by molar-refractivity contribution is -0.137. The molecule has 180 valence electrons. The van der Waals surface area contributed by atoms with Crippen molar-refractivity contribution in [3.8, 4) is 0 Å². The lowest BCUT2D eigenvalue weighted by Crippen LogP contribution is -2.49. The average Bonchev–Trinajstić information content (AvgIpc) is 3.33. The average molecular weight is 494 g/mol. The maximum atomic E-state index is 12.8. The molecule has 1 aromatic carbocycles. The van der Waals surface area contributed by atoms with E-state index >= 15 is 0 Å². The summed E-state index contributed by atoms with van der Waals surface area (Å²) in [5.41, 5.74) is 0.930. The molecular formula is C23H23ClF3N5O2. The number of nitrogens with zero attached hydrogens (tertiary/aromatic N) is 5. The van der Waals surface area contributed by atoms with Gasteiger partial charge in [0.25, 0.3) is 0 Å². The number of carbonyl (C=O) groups excluding carboxylic acids is 2. The SMILES string of the molecule is O=C(CCC(=O)N1CCC(c2ccccc2)=N1)N1CCN(c2ncc(C(F)(F)F)cc2Cl)CC1. The second-order valence-electron chi connectivity index (χ2n) is 8.07. The van der Waals surface area contributed by atoms with Gasteiger partial charge in [0.05, 0.1) is 22.8 Å². The molecular weight excluding hydrogens is 471 g/mol. The highest BCUT2D eigenvalue weighted by Crippen LogP contribution is 2.33. The van der Waals surface area contributed by atoms with E-state index in [9.17, 15) is 22.8 Å². The van der Waals surface area contributed by atoms with Crippen LogP contribution in [0, 0.1) is 0 Å². The highest BCUT2D eigenvalue weighted by Gasteiger charge is 2.32. The molecule has 0 unspecified atom stereocenters. The Morgan fingerprint density at radius 3 is 2.29 bits per heavy atom. The summed E-state index contributed by atoms with van der Waals surface area (Å²) < 4.78 is 38.4. The van der Waals surface area contributed by atoms with Gasteiger partial charge in [-0.2, -0.15) is 18.3 Å². The standard InChI is InChI=1S/C23H23ClF3N5O2/c24-18-14-17(23(25,26)27)15-28-22(18)31-12-10-30(11-13-31)20(33)6-7-21(34)32-9-8-19(29-32)16-4-2-1-3-5-16/h1-5,14-15H,6-13H2. The number of hydrogen-bond donors (Lipinski definition) is 0. The smallest absolute Gasteiger partial charge is 0.352 e. The normalized spacial score (nSPS) is 16.6. The highest BCUT2D eigenvalue weighted by molar-refractivity contribution is 6.33. The molecule has 0 saturated carbocycles. The van der Waals surface area contributed by atoms with E-state index in [-0.39, 0.29) is 35.5 Å². The Hall–Kier alpha value is -3.14. The van der Waals surface area contributed by atoms with Crippen molar-refractivity contribution < 1.29 is 22.8 Å². The zero-order chi connectivity index (χ0) is 24.3. The molecule has 7 nitrogen and oxygen atoms in total. The van der Waals surface area contributed by atoms with Crippen LogP contribution in [0.15, 0.2) is 47.7 Å². The molecule has 0 radical (unpaired) electrons. The van der Waals surface area contributed by atoms with Crippen LogP contribution in [-0.2, 0) is 15.8 Å². The van der Waals surface area contributed by atoms with Crippen molar-refractivity contribution in [2.24, 2.45) is 5.10 Å².